The highest BCUT2D eigenvalue weighted by Gasteiger charge is 2.27. The molecule has 0 aliphatic carbocycles. The second-order valence-corrected chi connectivity index (χ2v) is 5.82. The molecule has 17 heavy (non-hydrogen) atoms. The number of carbonyl (C=O) groups excluding carboxylic acids is 1. The van der Waals surface area contributed by atoms with Crippen molar-refractivity contribution < 1.29 is 9.21 Å². The molecule has 1 aromatic heterocycles. The molecular weight excluding hydrogens is 305 g/mol. The number of alkyl halides is 1. The van der Waals surface area contributed by atoms with Crippen LogP contribution >= 0.6 is 27.5 Å². The van der Waals surface area contributed by atoms with Crippen molar-refractivity contribution >= 4 is 33.4 Å². The van der Waals surface area contributed by atoms with Crippen molar-refractivity contribution in [2.24, 2.45) is 5.92 Å². The summed E-state index contributed by atoms with van der Waals surface area (Å²) >= 11 is 9.32. The molecule has 0 radical (unpaired) electrons. The minimum atomic E-state index is 0.0336. The van der Waals surface area contributed by atoms with Gasteiger partial charge in [-0.3, -0.25) is 4.79 Å². The molecule has 0 N–H and O–H groups in total. The quantitative estimate of drug-likeness (QED) is 0.781. The van der Waals surface area contributed by atoms with E-state index in [1.807, 2.05) is 11.8 Å². The van der Waals surface area contributed by atoms with Crippen LogP contribution in [0.15, 0.2) is 21.4 Å². The van der Waals surface area contributed by atoms with Gasteiger partial charge in [0.2, 0.25) is 0 Å². The number of piperidine rings is 1. The largest absolute Gasteiger partial charge is 0.457 e. The van der Waals surface area contributed by atoms with Crippen LogP contribution in [0.25, 0.3) is 0 Å². The fraction of sp³-hybridized carbons (Fsp3) is 0.583. The summed E-state index contributed by atoms with van der Waals surface area (Å²) in [6.45, 7) is 3.58. The third kappa shape index (κ3) is 2.86. The molecule has 0 spiro atoms. The third-order valence-corrected chi connectivity index (χ3v) is 4.30. The summed E-state index contributed by atoms with van der Waals surface area (Å²) in [7, 11) is 0. The third-order valence-electron chi connectivity index (χ3n) is 3.32. The molecule has 3 nitrogen and oxygen atoms in total. The number of halogens is 2. The van der Waals surface area contributed by atoms with Gasteiger partial charge >= 0.3 is 0 Å². The molecular formula is C12H15BrClNO2. The summed E-state index contributed by atoms with van der Waals surface area (Å²) in [6.07, 6.45) is 3.47. The van der Waals surface area contributed by atoms with Crippen molar-refractivity contribution in [1.29, 1.82) is 0 Å². The van der Waals surface area contributed by atoms with Crippen molar-refractivity contribution in [3.05, 3.63) is 22.6 Å². The zero-order valence-corrected chi connectivity index (χ0v) is 12.0. The van der Waals surface area contributed by atoms with Gasteiger partial charge in [0.15, 0.2) is 4.67 Å². The summed E-state index contributed by atoms with van der Waals surface area (Å²) < 4.78 is 5.59. The minimum Gasteiger partial charge on any atom is -0.457 e. The molecule has 2 rings (SSSR count). The molecule has 0 aromatic carbocycles. The number of hydrogen-bond acceptors (Lipinski definition) is 2. The Kier molecular flexibility index (Phi) is 4.15. The van der Waals surface area contributed by atoms with Gasteiger partial charge in [0, 0.05) is 18.5 Å². The summed E-state index contributed by atoms with van der Waals surface area (Å²) in [6, 6.07) is 1.70. The van der Waals surface area contributed by atoms with Crippen LogP contribution in [-0.4, -0.2) is 29.3 Å². The first-order chi connectivity index (χ1) is 8.09. The van der Waals surface area contributed by atoms with Gasteiger partial charge in [0.1, 0.15) is 0 Å². The highest BCUT2D eigenvalue weighted by atomic mass is 79.9. The van der Waals surface area contributed by atoms with Crippen LogP contribution in [-0.2, 0) is 0 Å². The van der Waals surface area contributed by atoms with Gasteiger partial charge in [-0.2, -0.15) is 0 Å². The van der Waals surface area contributed by atoms with Gasteiger partial charge in [-0.25, -0.2) is 0 Å². The van der Waals surface area contributed by atoms with Gasteiger partial charge in [-0.1, -0.05) is 0 Å². The van der Waals surface area contributed by atoms with E-state index in [9.17, 15) is 4.79 Å². The molecule has 1 fully saturated rings. The molecule has 1 atom stereocenters. The van der Waals surface area contributed by atoms with Crippen LogP contribution in [0, 0.1) is 5.92 Å². The Hall–Kier alpha value is -0.480. The number of carbonyl (C=O) groups is 1. The highest BCUT2D eigenvalue weighted by molar-refractivity contribution is 9.10. The van der Waals surface area contributed by atoms with E-state index in [-0.39, 0.29) is 11.3 Å². The summed E-state index contributed by atoms with van der Waals surface area (Å²) in [5.41, 5.74) is 0.599. The van der Waals surface area contributed by atoms with E-state index in [0.29, 0.717) is 16.2 Å². The average molecular weight is 321 g/mol. The Morgan fingerprint density at radius 3 is 2.71 bits per heavy atom. The molecule has 1 saturated heterocycles. The monoisotopic (exact) mass is 319 g/mol. The zero-order valence-electron chi connectivity index (χ0n) is 9.66. The van der Waals surface area contributed by atoms with Crippen molar-refractivity contribution in [3.63, 3.8) is 0 Å². The van der Waals surface area contributed by atoms with Crippen LogP contribution in [0.1, 0.15) is 30.1 Å². The van der Waals surface area contributed by atoms with Crippen molar-refractivity contribution in [3.8, 4) is 0 Å². The van der Waals surface area contributed by atoms with Crippen LogP contribution in [0.5, 0.6) is 0 Å². The standard InChI is InChI=1S/C12H15BrClNO2/c1-8(14)9-2-5-15(6-3-9)12(16)10-4-7-17-11(10)13/h4,7-9H,2-3,5-6H2,1H3. The molecule has 5 heteroatoms. The number of furan rings is 1. The number of rotatable bonds is 2. The van der Waals surface area contributed by atoms with Gasteiger partial charge in [0.05, 0.1) is 11.8 Å². The van der Waals surface area contributed by atoms with Crippen molar-refractivity contribution in [2.75, 3.05) is 13.1 Å². The van der Waals surface area contributed by atoms with E-state index >= 15 is 0 Å². The maximum atomic E-state index is 12.2. The van der Waals surface area contributed by atoms with E-state index < -0.39 is 0 Å². The lowest BCUT2D eigenvalue weighted by Crippen LogP contribution is -2.40. The zero-order chi connectivity index (χ0) is 12.4. The predicted octanol–water partition coefficient (Wildman–Crippen LogP) is 3.52. The average Bonchev–Trinajstić information content (AvgIpc) is 2.74. The normalized spacial score (nSPS) is 19.4. The Labute approximate surface area is 114 Å². The Morgan fingerprint density at radius 2 is 2.24 bits per heavy atom. The molecule has 94 valence electrons. The maximum absolute atomic E-state index is 12.2. The minimum absolute atomic E-state index is 0.0336. The first-order valence-electron chi connectivity index (χ1n) is 5.76. The number of nitrogens with zero attached hydrogens (tertiary/aromatic N) is 1. The number of hydrogen-bond donors (Lipinski definition) is 0. The SMILES string of the molecule is CC(Cl)C1CCN(C(=O)c2ccoc2Br)CC1. The fourth-order valence-electron chi connectivity index (χ4n) is 2.18. The topological polar surface area (TPSA) is 33.5 Å². The van der Waals surface area contributed by atoms with Crippen molar-refractivity contribution in [2.45, 2.75) is 25.1 Å². The number of amides is 1. The summed E-state index contributed by atoms with van der Waals surface area (Å²) in [5.74, 6) is 0.555. The van der Waals surface area contributed by atoms with E-state index in [1.165, 1.54) is 6.26 Å². The molecule has 1 unspecified atom stereocenters. The summed E-state index contributed by atoms with van der Waals surface area (Å²) in [4.78, 5) is 14.0. The Morgan fingerprint density at radius 1 is 1.59 bits per heavy atom. The molecule has 0 saturated carbocycles. The molecule has 1 amide bonds. The fourth-order valence-corrected chi connectivity index (χ4v) is 2.84. The Balaban J connectivity index is 1.98. The highest BCUT2D eigenvalue weighted by Crippen LogP contribution is 2.26. The van der Waals surface area contributed by atoms with Gasteiger partial charge < -0.3 is 9.32 Å². The van der Waals surface area contributed by atoms with E-state index in [2.05, 4.69) is 15.9 Å². The van der Waals surface area contributed by atoms with Gasteiger partial charge in [-0.15, -0.1) is 11.6 Å². The lowest BCUT2D eigenvalue weighted by molar-refractivity contribution is 0.0688. The van der Waals surface area contributed by atoms with E-state index in [4.69, 9.17) is 16.0 Å². The van der Waals surface area contributed by atoms with E-state index in [1.54, 1.807) is 6.07 Å². The Bertz CT molecular complexity index is 397. The molecule has 2 heterocycles. The van der Waals surface area contributed by atoms with E-state index in [0.717, 1.165) is 25.9 Å². The second-order valence-electron chi connectivity index (χ2n) is 4.42. The van der Waals surface area contributed by atoms with Gasteiger partial charge in [0.25, 0.3) is 5.91 Å². The summed E-state index contributed by atoms with van der Waals surface area (Å²) in [5, 5.41) is 0.188. The van der Waals surface area contributed by atoms with Gasteiger partial charge in [-0.05, 0) is 47.7 Å². The lowest BCUT2D eigenvalue weighted by atomic mass is 9.94. The molecule has 1 aliphatic heterocycles. The van der Waals surface area contributed by atoms with Crippen LogP contribution < -0.4 is 0 Å². The smallest absolute Gasteiger partial charge is 0.258 e. The van der Waals surface area contributed by atoms with Crippen molar-refractivity contribution in [1.82, 2.24) is 4.90 Å². The number of likely N-dealkylation sites (tertiary alicyclic amines) is 1. The maximum Gasteiger partial charge on any atom is 0.258 e. The van der Waals surface area contributed by atoms with Crippen LogP contribution in [0.3, 0.4) is 0 Å². The molecule has 0 bridgehead atoms. The molecule has 1 aromatic rings. The molecule has 1 aliphatic rings. The van der Waals surface area contributed by atoms with Crippen LogP contribution in [0.2, 0.25) is 0 Å². The first-order valence-corrected chi connectivity index (χ1v) is 6.99. The predicted molar refractivity (Wildman–Crippen MR) is 70.4 cm³/mol. The van der Waals surface area contributed by atoms with Crippen LogP contribution in [0.4, 0.5) is 0 Å². The second kappa shape index (κ2) is 5.44. The first kappa shape index (κ1) is 13.0. The lowest BCUT2D eigenvalue weighted by Gasteiger charge is -2.33.